The Bertz CT molecular complexity index is 881. The highest BCUT2D eigenvalue weighted by molar-refractivity contribution is 5.84. The molecule has 0 saturated carbocycles. The summed E-state index contributed by atoms with van der Waals surface area (Å²) in [6, 6.07) is 11.3. The van der Waals surface area contributed by atoms with Crippen LogP contribution in [-0.4, -0.2) is 31.3 Å². The van der Waals surface area contributed by atoms with Gasteiger partial charge >= 0.3 is 6.09 Å². The van der Waals surface area contributed by atoms with Crippen molar-refractivity contribution in [3.05, 3.63) is 42.2 Å². The van der Waals surface area contributed by atoms with Gasteiger partial charge in [0.1, 0.15) is 23.1 Å². The standard InChI is InChI=1S/C17H19N5O2/c1-11-20-21-14-10-13(19-16(23)24-17(2,3)4)18-15(22(11)14)12-8-6-5-7-9-12/h5-10H,1-4H3,(H,19,23). The minimum absolute atomic E-state index is 0.364. The first-order valence-corrected chi connectivity index (χ1v) is 7.62. The zero-order chi connectivity index (χ0) is 17.3. The van der Waals surface area contributed by atoms with Crippen LogP contribution in [-0.2, 0) is 4.74 Å². The largest absolute Gasteiger partial charge is 0.444 e. The summed E-state index contributed by atoms with van der Waals surface area (Å²) >= 11 is 0. The smallest absolute Gasteiger partial charge is 0.413 e. The Morgan fingerprint density at radius 3 is 2.54 bits per heavy atom. The summed E-state index contributed by atoms with van der Waals surface area (Å²) in [5.74, 6) is 1.74. The van der Waals surface area contributed by atoms with E-state index >= 15 is 0 Å². The number of carbonyl (C=O) groups excluding carboxylic acids is 1. The molecule has 7 heteroatoms. The molecule has 0 atom stereocenters. The first kappa shape index (κ1) is 15.9. The van der Waals surface area contributed by atoms with Crippen LogP contribution < -0.4 is 5.32 Å². The number of hydrogen-bond acceptors (Lipinski definition) is 5. The second kappa shape index (κ2) is 5.92. The fourth-order valence-corrected chi connectivity index (χ4v) is 2.31. The van der Waals surface area contributed by atoms with Crippen LogP contribution in [0.2, 0.25) is 0 Å². The van der Waals surface area contributed by atoms with Crippen LogP contribution >= 0.6 is 0 Å². The summed E-state index contributed by atoms with van der Waals surface area (Å²) in [5, 5.41) is 10.9. The molecule has 0 spiro atoms. The monoisotopic (exact) mass is 325 g/mol. The van der Waals surface area contributed by atoms with E-state index in [0.29, 0.717) is 17.3 Å². The second-order valence-corrected chi connectivity index (χ2v) is 6.40. The third-order valence-electron chi connectivity index (χ3n) is 3.21. The van der Waals surface area contributed by atoms with E-state index in [1.807, 2.05) is 41.7 Å². The summed E-state index contributed by atoms with van der Waals surface area (Å²) < 4.78 is 7.11. The van der Waals surface area contributed by atoms with Gasteiger partial charge in [-0.25, -0.2) is 9.78 Å². The summed E-state index contributed by atoms with van der Waals surface area (Å²) in [6.45, 7) is 7.27. The number of rotatable bonds is 2. The Kier molecular flexibility index (Phi) is 3.92. The molecule has 1 amide bonds. The first-order valence-electron chi connectivity index (χ1n) is 7.62. The van der Waals surface area contributed by atoms with Crippen LogP contribution in [0.15, 0.2) is 36.4 Å². The van der Waals surface area contributed by atoms with Gasteiger partial charge in [-0.3, -0.25) is 9.72 Å². The average Bonchev–Trinajstić information content (AvgIpc) is 2.87. The average molecular weight is 325 g/mol. The molecule has 124 valence electrons. The molecular formula is C17H19N5O2. The van der Waals surface area contributed by atoms with E-state index in [1.165, 1.54) is 0 Å². The maximum atomic E-state index is 12.0. The maximum Gasteiger partial charge on any atom is 0.413 e. The van der Waals surface area contributed by atoms with Crippen molar-refractivity contribution in [2.24, 2.45) is 0 Å². The van der Waals surface area contributed by atoms with Gasteiger partial charge in [-0.15, -0.1) is 10.2 Å². The molecule has 0 aliphatic heterocycles. The van der Waals surface area contributed by atoms with Gasteiger partial charge in [0.2, 0.25) is 0 Å². The summed E-state index contributed by atoms with van der Waals surface area (Å²) in [5.41, 5.74) is 0.924. The van der Waals surface area contributed by atoms with Gasteiger partial charge in [-0.05, 0) is 27.7 Å². The predicted octanol–water partition coefficient (Wildman–Crippen LogP) is 3.45. The van der Waals surface area contributed by atoms with Crippen molar-refractivity contribution in [1.82, 2.24) is 19.6 Å². The lowest BCUT2D eigenvalue weighted by atomic mass is 10.2. The highest BCUT2D eigenvalue weighted by atomic mass is 16.6. The highest BCUT2D eigenvalue weighted by Crippen LogP contribution is 2.22. The molecule has 3 aromatic rings. The van der Waals surface area contributed by atoms with E-state index in [9.17, 15) is 4.79 Å². The van der Waals surface area contributed by atoms with Crippen molar-refractivity contribution in [3.8, 4) is 11.4 Å². The molecule has 2 heterocycles. The lowest BCUT2D eigenvalue weighted by Crippen LogP contribution is -2.27. The molecular weight excluding hydrogens is 306 g/mol. The lowest BCUT2D eigenvalue weighted by Gasteiger charge is -2.19. The van der Waals surface area contributed by atoms with Crippen LogP contribution in [0.5, 0.6) is 0 Å². The number of carbonyl (C=O) groups is 1. The van der Waals surface area contributed by atoms with Crippen LogP contribution in [0.1, 0.15) is 26.6 Å². The third-order valence-corrected chi connectivity index (χ3v) is 3.21. The number of amides is 1. The number of hydrogen-bond donors (Lipinski definition) is 1. The molecule has 0 aliphatic carbocycles. The van der Waals surface area contributed by atoms with E-state index in [-0.39, 0.29) is 0 Å². The van der Waals surface area contributed by atoms with E-state index in [4.69, 9.17) is 4.74 Å². The molecule has 0 bridgehead atoms. The Morgan fingerprint density at radius 2 is 1.88 bits per heavy atom. The summed E-state index contributed by atoms with van der Waals surface area (Å²) in [4.78, 5) is 16.5. The van der Waals surface area contributed by atoms with Crippen molar-refractivity contribution in [3.63, 3.8) is 0 Å². The second-order valence-electron chi connectivity index (χ2n) is 6.40. The molecule has 1 N–H and O–H groups in total. The predicted molar refractivity (Wildman–Crippen MR) is 90.8 cm³/mol. The Hall–Kier alpha value is -2.96. The molecule has 0 aliphatic rings. The van der Waals surface area contributed by atoms with Crippen molar-refractivity contribution in [2.75, 3.05) is 5.32 Å². The molecule has 0 radical (unpaired) electrons. The minimum atomic E-state index is -0.581. The number of fused-ring (bicyclic) bond motifs is 1. The van der Waals surface area contributed by atoms with E-state index in [0.717, 1.165) is 11.4 Å². The molecule has 0 fully saturated rings. The molecule has 1 aromatic carbocycles. The van der Waals surface area contributed by atoms with Gasteiger partial charge in [-0.1, -0.05) is 30.3 Å². The number of aromatic nitrogens is 4. The van der Waals surface area contributed by atoms with Crippen molar-refractivity contribution >= 4 is 17.6 Å². The lowest BCUT2D eigenvalue weighted by molar-refractivity contribution is 0.0635. The molecule has 7 nitrogen and oxygen atoms in total. The van der Waals surface area contributed by atoms with Crippen molar-refractivity contribution in [1.29, 1.82) is 0 Å². The van der Waals surface area contributed by atoms with Gasteiger partial charge in [0.05, 0.1) is 0 Å². The molecule has 0 saturated heterocycles. The topological polar surface area (TPSA) is 81.4 Å². The maximum absolute atomic E-state index is 12.0. The van der Waals surface area contributed by atoms with Gasteiger partial charge in [0.25, 0.3) is 0 Å². The highest BCUT2D eigenvalue weighted by Gasteiger charge is 2.18. The number of nitrogens with one attached hydrogen (secondary N) is 1. The van der Waals surface area contributed by atoms with Crippen LogP contribution in [0.3, 0.4) is 0 Å². The van der Waals surface area contributed by atoms with Crippen LogP contribution in [0.25, 0.3) is 17.0 Å². The first-order chi connectivity index (χ1) is 11.3. The van der Waals surface area contributed by atoms with Gasteiger partial charge in [-0.2, -0.15) is 0 Å². The van der Waals surface area contributed by atoms with Crippen molar-refractivity contribution in [2.45, 2.75) is 33.3 Å². The minimum Gasteiger partial charge on any atom is -0.444 e. The number of nitrogens with zero attached hydrogens (tertiary/aromatic N) is 4. The fraction of sp³-hybridized carbons (Fsp3) is 0.294. The zero-order valence-corrected chi connectivity index (χ0v) is 14.1. The summed E-state index contributed by atoms with van der Waals surface area (Å²) in [7, 11) is 0. The van der Waals surface area contributed by atoms with Crippen LogP contribution in [0.4, 0.5) is 10.6 Å². The van der Waals surface area contributed by atoms with E-state index in [2.05, 4.69) is 20.5 Å². The van der Waals surface area contributed by atoms with Crippen molar-refractivity contribution < 1.29 is 9.53 Å². The molecule has 0 unspecified atom stereocenters. The normalized spacial score (nSPS) is 11.5. The van der Waals surface area contributed by atoms with E-state index in [1.54, 1.807) is 26.8 Å². The number of anilines is 1. The molecule has 2 aromatic heterocycles. The summed E-state index contributed by atoms with van der Waals surface area (Å²) in [6.07, 6.45) is -0.561. The Balaban J connectivity index is 2.04. The number of ether oxygens (including phenoxy) is 1. The third kappa shape index (κ3) is 3.34. The van der Waals surface area contributed by atoms with Gasteiger partial charge in [0, 0.05) is 11.6 Å². The molecule has 3 rings (SSSR count). The van der Waals surface area contributed by atoms with Gasteiger partial charge in [0.15, 0.2) is 5.65 Å². The Labute approximate surface area is 139 Å². The van der Waals surface area contributed by atoms with E-state index < -0.39 is 11.7 Å². The number of benzene rings is 1. The quantitative estimate of drug-likeness (QED) is 0.780. The molecule has 24 heavy (non-hydrogen) atoms. The zero-order valence-electron chi connectivity index (χ0n) is 14.1. The number of aryl methyl sites for hydroxylation is 1. The van der Waals surface area contributed by atoms with Gasteiger partial charge < -0.3 is 4.74 Å². The van der Waals surface area contributed by atoms with Crippen LogP contribution in [0, 0.1) is 6.92 Å². The Morgan fingerprint density at radius 1 is 1.17 bits per heavy atom. The SMILES string of the molecule is Cc1nnc2cc(NC(=O)OC(C)(C)C)nc(-c3ccccc3)n12. The fourth-order valence-electron chi connectivity index (χ4n) is 2.31.